The first kappa shape index (κ1) is 22.5. The number of hydrogen-bond donors (Lipinski definition) is 2. The number of anilines is 1. The van der Waals surface area contributed by atoms with Crippen LogP contribution in [-0.2, 0) is 16.0 Å². The summed E-state index contributed by atoms with van der Waals surface area (Å²) in [7, 11) is 1.65. The van der Waals surface area contributed by atoms with E-state index in [0.29, 0.717) is 23.4 Å². The number of carbonyl (C=O) groups excluding carboxylic acids is 2. The van der Waals surface area contributed by atoms with Gasteiger partial charge in [-0.3, -0.25) is 14.4 Å². The molecule has 7 heteroatoms. The van der Waals surface area contributed by atoms with Gasteiger partial charge in [-0.15, -0.1) is 0 Å². The van der Waals surface area contributed by atoms with Gasteiger partial charge in [-0.2, -0.15) is 0 Å². The maximum Gasteiger partial charge on any atom is 0.305 e. The Morgan fingerprint density at radius 3 is 2.52 bits per heavy atom. The van der Waals surface area contributed by atoms with Crippen LogP contribution in [0.2, 0.25) is 0 Å². The van der Waals surface area contributed by atoms with Crippen LogP contribution in [0, 0.1) is 0 Å². The highest BCUT2D eigenvalue weighted by molar-refractivity contribution is 6.09. The quantitative estimate of drug-likeness (QED) is 0.604. The molecular formula is C24H29N3O4. The molecule has 1 unspecified atom stereocenters. The largest absolute Gasteiger partial charge is 0.481 e. The van der Waals surface area contributed by atoms with Gasteiger partial charge in [0, 0.05) is 7.05 Å². The number of fused-ring (bicyclic) bond motifs is 1. The molecular weight excluding hydrogens is 394 g/mol. The van der Waals surface area contributed by atoms with Crippen molar-refractivity contribution in [2.24, 2.45) is 5.73 Å². The maximum atomic E-state index is 13.6. The Labute approximate surface area is 182 Å². The number of rotatable bonds is 9. The second-order valence-corrected chi connectivity index (χ2v) is 7.86. The van der Waals surface area contributed by atoms with Gasteiger partial charge in [-0.1, -0.05) is 42.8 Å². The molecule has 0 radical (unpaired) electrons. The van der Waals surface area contributed by atoms with Crippen LogP contribution >= 0.6 is 0 Å². The maximum absolute atomic E-state index is 13.6. The highest BCUT2D eigenvalue weighted by Gasteiger charge is 2.35. The lowest BCUT2D eigenvalue weighted by atomic mass is 9.99. The molecule has 1 aliphatic heterocycles. The topological polar surface area (TPSA) is 104 Å². The number of carboxylic acids is 1. The van der Waals surface area contributed by atoms with Crippen LogP contribution in [0.25, 0.3) is 0 Å². The number of aryl methyl sites for hydroxylation is 1. The summed E-state index contributed by atoms with van der Waals surface area (Å²) in [5, 5.41) is 9.49. The van der Waals surface area contributed by atoms with Crippen LogP contribution < -0.4 is 10.6 Å². The Morgan fingerprint density at radius 2 is 1.84 bits per heavy atom. The van der Waals surface area contributed by atoms with Crippen molar-refractivity contribution in [2.45, 2.75) is 38.1 Å². The lowest BCUT2D eigenvalue weighted by Crippen LogP contribution is -2.40. The van der Waals surface area contributed by atoms with E-state index in [-0.39, 0.29) is 24.8 Å². The number of amides is 2. The van der Waals surface area contributed by atoms with E-state index in [1.807, 2.05) is 24.3 Å². The summed E-state index contributed by atoms with van der Waals surface area (Å²) in [6, 6.07) is 13.9. The molecule has 1 atom stereocenters. The lowest BCUT2D eigenvalue weighted by molar-refractivity contribution is -0.138. The molecule has 3 rings (SSSR count). The first-order valence-corrected chi connectivity index (χ1v) is 10.6. The molecule has 3 N–H and O–H groups in total. The molecule has 2 aromatic carbocycles. The van der Waals surface area contributed by atoms with Crippen molar-refractivity contribution in [3.63, 3.8) is 0 Å². The minimum Gasteiger partial charge on any atom is -0.481 e. The second kappa shape index (κ2) is 10.2. The minimum absolute atomic E-state index is 0.178. The fourth-order valence-electron chi connectivity index (χ4n) is 3.97. The third kappa shape index (κ3) is 5.30. The van der Waals surface area contributed by atoms with Crippen LogP contribution in [0.15, 0.2) is 48.5 Å². The highest BCUT2D eigenvalue weighted by Crippen LogP contribution is 2.32. The van der Waals surface area contributed by atoms with Crippen molar-refractivity contribution in [2.75, 3.05) is 25.0 Å². The zero-order valence-corrected chi connectivity index (χ0v) is 17.8. The molecule has 164 valence electrons. The standard InChI is InChI=1S/C24H29N3O4/c1-26-20-12-11-17(8-4-3-7-13-25)14-19(20)24(31)27(16-22(26)28)21(15-23(29)30)18-9-5-2-6-10-18/h2,5-6,9-12,14,21H,3-4,7-8,13,15-16,25H2,1H3,(H,29,30). The van der Waals surface area contributed by atoms with Crippen LogP contribution in [0.5, 0.6) is 0 Å². The summed E-state index contributed by atoms with van der Waals surface area (Å²) < 4.78 is 0. The molecule has 0 aromatic heterocycles. The SMILES string of the molecule is CN1C(=O)CN(C(CC(=O)O)c2ccccc2)C(=O)c2cc(CCCCCN)ccc21. The van der Waals surface area contributed by atoms with E-state index >= 15 is 0 Å². The monoisotopic (exact) mass is 423 g/mol. The Kier molecular flexibility index (Phi) is 7.41. The van der Waals surface area contributed by atoms with E-state index in [1.165, 1.54) is 9.80 Å². The number of benzene rings is 2. The van der Waals surface area contributed by atoms with Crippen molar-refractivity contribution >= 4 is 23.5 Å². The van der Waals surface area contributed by atoms with Crippen LogP contribution in [0.1, 0.15) is 53.2 Å². The van der Waals surface area contributed by atoms with Gasteiger partial charge in [0.25, 0.3) is 5.91 Å². The Balaban J connectivity index is 1.98. The number of unbranched alkanes of at least 4 members (excludes halogenated alkanes) is 2. The van der Waals surface area contributed by atoms with Crippen LogP contribution in [-0.4, -0.2) is 47.9 Å². The molecule has 0 saturated heterocycles. The second-order valence-electron chi connectivity index (χ2n) is 7.86. The van der Waals surface area contributed by atoms with Crippen molar-refractivity contribution in [1.82, 2.24) is 4.90 Å². The van der Waals surface area contributed by atoms with E-state index in [4.69, 9.17) is 5.73 Å². The summed E-state index contributed by atoms with van der Waals surface area (Å²) in [6.45, 7) is 0.484. The van der Waals surface area contributed by atoms with Crippen LogP contribution in [0.3, 0.4) is 0 Å². The average molecular weight is 424 g/mol. The minimum atomic E-state index is -1.03. The summed E-state index contributed by atoms with van der Waals surface area (Å²) in [5.74, 6) is -1.61. The Morgan fingerprint density at radius 1 is 1.10 bits per heavy atom. The average Bonchev–Trinajstić information content (AvgIpc) is 2.86. The summed E-state index contributed by atoms with van der Waals surface area (Å²) in [6.07, 6.45) is 3.48. The molecule has 7 nitrogen and oxygen atoms in total. The number of carbonyl (C=O) groups is 3. The fraction of sp³-hybridized carbons (Fsp3) is 0.375. The normalized spacial score (nSPS) is 14.9. The van der Waals surface area contributed by atoms with Crippen molar-refractivity contribution in [1.29, 1.82) is 0 Å². The molecule has 2 amide bonds. The third-order valence-electron chi connectivity index (χ3n) is 5.69. The first-order chi connectivity index (χ1) is 14.9. The van der Waals surface area contributed by atoms with Gasteiger partial charge >= 0.3 is 5.97 Å². The van der Waals surface area contributed by atoms with Crippen molar-refractivity contribution in [3.05, 3.63) is 65.2 Å². The fourth-order valence-corrected chi connectivity index (χ4v) is 3.97. The van der Waals surface area contributed by atoms with Gasteiger partial charge < -0.3 is 20.6 Å². The smallest absolute Gasteiger partial charge is 0.305 e. The summed E-state index contributed by atoms with van der Waals surface area (Å²) >= 11 is 0. The predicted molar refractivity (Wildman–Crippen MR) is 119 cm³/mol. The van der Waals surface area contributed by atoms with Crippen LogP contribution in [0.4, 0.5) is 5.69 Å². The molecule has 31 heavy (non-hydrogen) atoms. The van der Waals surface area contributed by atoms with Crippen molar-refractivity contribution < 1.29 is 19.5 Å². The predicted octanol–water partition coefficient (Wildman–Crippen LogP) is 2.99. The molecule has 0 saturated carbocycles. The molecule has 2 aromatic rings. The van der Waals surface area contributed by atoms with E-state index in [1.54, 1.807) is 31.3 Å². The molecule has 0 aliphatic carbocycles. The number of carboxylic acid groups (broad SMARTS) is 1. The molecule has 1 heterocycles. The van der Waals surface area contributed by atoms with E-state index in [9.17, 15) is 19.5 Å². The number of aliphatic carboxylic acids is 1. The summed E-state index contributed by atoms with van der Waals surface area (Å²) in [4.78, 5) is 40.9. The first-order valence-electron chi connectivity index (χ1n) is 10.6. The van der Waals surface area contributed by atoms with E-state index in [2.05, 4.69) is 0 Å². The molecule has 0 fully saturated rings. The molecule has 0 bridgehead atoms. The van der Waals surface area contributed by atoms with Gasteiger partial charge in [0.15, 0.2) is 0 Å². The number of likely N-dealkylation sites (N-methyl/N-ethyl adjacent to an activating group) is 1. The molecule has 1 aliphatic rings. The van der Waals surface area contributed by atoms with Gasteiger partial charge in [0.2, 0.25) is 5.91 Å². The third-order valence-corrected chi connectivity index (χ3v) is 5.69. The Hall–Kier alpha value is -3.19. The van der Waals surface area contributed by atoms with E-state index < -0.39 is 12.0 Å². The number of nitrogens with two attached hydrogens (primary N) is 1. The zero-order chi connectivity index (χ0) is 22.4. The van der Waals surface area contributed by atoms with E-state index in [0.717, 1.165) is 31.2 Å². The number of hydrogen-bond acceptors (Lipinski definition) is 4. The Bertz CT molecular complexity index is 945. The van der Waals surface area contributed by atoms with Gasteiger partial charge in [0.05, 0.1) is 23.7 Å². The van der Waals surface area contributed by atoms with Gasteiger partial charge in [-0.05, 0) is 49.1 Å². The van der Waals surface area contributed by atoms with Gasteiger partial charge in [0.1, 0.15) is 6.54 Å². The van der Waals surface area contributed by atoms with Crippen molar-refractivity contribution in [3.8, 4) is 0 Å². The lowest BCUT2D eigenvalue weighted by Gasteiger charge is -2.29. The zero-order valence-electron chi connectivity index (χ0n) is 17.8. The van der Waals surface area contributed by atoms with Gasteiger partial charge in [-0.25, -0.2) is 0 Å². The molecule has 0 spiro atoms. The highest BCUT2D eigenvalue weighted by atomic mass is 16.4. The number of nitrogens with zero attached hydrogens (tertiary/aromatic N) is 2. The summed E-state index contributed by atoms with van der Waals surface area (Å²) in [5.41, 5.74) is 8.24.